The van der Waals surface area contributed by atoms with E-state index < -0.39 is 12.0 Å². The van der Waals surface area contributed by atoms with Crippen LogP contribution in [0.15, 0.2) is 31.0 Å². The molecule has 0 aliphatic heterocycles. The number of aromatic nitrogens is 1. The van der Waals surface area contributed by atoms with E-state index in [9.17, 15) is 4.79 Å². The highest BCUT2D eigenvalue weighted by Crippen LogP contribution is 2.12. The zero-order valence-electron chi connectivity index (χ0n) is 8.55. The van der Waals surface area contributed by atoms with E-state index in [1.165, 1.54) is 12.3 Å². The Morgan fingerprint density at radius 3 is 3.12 bits per heavy atom. The molecule has 0 fully saturated rings. The van der Waals surface area contributed by atoms with Crippen molar-refractivity contribution in [1.82, 2.24) is 4.98 Å². The van der Waals surface area contributed by atoms with E-state index in [0.29, 0.717) is 5.56 Å². The molecule has 5 heteroatoms. The molecule has 0 saturated carbocycles. The molecule has 0 bridgehead atoms. The number of aliphatic carboxylic acids is 1. The molecule has 0 aliphatic rings. The highest BCUT2D eigenvalue weighted by Gasteiger charge is 2.17. The van der Waals surface area contributed by atoms with Crippen LogP contribution in [0.2, 0.25) is 0 Å². The van der Waals surface area contributed by atoms with Crippen LogP contribution in [0.3, 0.4) is 0 Å². The molecule has 0 aliphatic carbocycles. The van der Waals surface area contributed by atoms with Crippen molar-refractivity contribution in [3.8, 4) is 6.07 Å². The molecule has 16 heavy (non-hydrogen) atoms. The number of nitrogens with zero attached hydrogens (tertiary/aromatic N) is 2. The summed E-state index contributed by atoms with van der Waals surface area (Å²) < 4.78 is 0. The minimum absolute atomic E-state index is 0.261. The quantitative estimate of drug-likeness (QED) is 0.728. The van der Waals surface area contributed by atoms with E-state index in [1.54, 1.807) is 12.1 Å². The molecule has 0 amide bonds. The molecule has 1 aromatic rings. The van der Waals surface area contributed by atoms with Crippen LogP contribution in [-0.2, 0) is 4.79 Å². The van der Waals surface area contributed by atoms with Crippen LogP contribution in [0.4, 0.5) is 5.82 Å². The van der Waals surface area contributed by atoms with Crippen LogP contribution in [0.5, 0.6) is 0 Å². The topological polar surface area (TPSA) is 86.0 Å². The fourth-order valence-corrected chi connectivity index (χ4v) is 1.16. The molecule has 0 spiro atoms. The molecule has 0 radical (unpaired) electrons. The Balaban J connectivity index is 2.89. The van der Waals surface area contributed by atoms with Gasteiger partial charge in [-0.05, 0) is 18.6 Å². The van der Waals surface area contributed by atoms with Crippen molar-refractivity contribution in [2.24, 2.45) is 0 Å². The van der Waals surface area contributed by atoms with Crippen LogP contribution in [0, 0.1) is 11.3 Å². The summed E-state index contributed by atoms with van der Waals surface area (Å²) in [4.78, 5) is 14.8. The molecule has 5 nitrogen and oxygen atoms in total. The molecule has 0 aromatic carbocycles. The van der Waals surface area contributed by atoms with Gasteiger partial charge in [0, 0.05) is 6.20 Å². The zero-order chi connectivity index (χ0) is 12.0. The minimum Gasteiger partial charge on any atom is -0.480 e. The summed E-state index contributed by atoms with van der Waals surface area (Å²) >= 11 is 0. The van der Waals surface area contributed by atoms with Gasteiger partial charge in [-0.25, -0.2) is 9.78 Å². The van der Waals surface area contributed by atoms with Crippen molar-refractivity contribution in [2.75, 3.05) is 5.32 Å². The molecular weight excluding hydrogens is 206 g/mol. The van der Waals surface area contributed by atoms with Gasteiger partial charge in [0.05, 0.1) is 5.56 Å². The van der Waals surface area contributed by atoms with E-state index in [-0.39, 0.29) is 12.2 Å². The summed E-state index contributed by atoms with van der Waals surface area (Å²) in [6, 6.07) is 4.31. The van der Waals surface area contributed by atoms with Gasteiger partial charge < -0.3 is 10.4 Å². The summed E-state index contributed by atoms with van der Waals surface area (Å²) in [6.07, 6.45) is 3.26. The first-order valence-corrected chi connectivity index (χ1v) is 4.64. The van der Waals surface area contributed by atoms with Gasteiger partial charge in [-0.2, -0.15) is 5.26 Å². The Labute approximate surface area is 93.0 Å². The maximum absolute atomic E-state index is 10.9. The number of nitrogens with one attached hydrogen (secondary N) is 1. The molecule has 1 aromatic heterocycles. The van der Waals surface area contributed by atoms with Gasteiger partial charge >= 0.3 is 5.97 Å². The molecular formula is C11H11N3O2. The fraction of sp³-hybridized carbons (Fsp3) is 0.182. The molecule has 2 N–H and O–H groups in total. The van der Waals surface area contributed by atoms with Gasteiger partial charge in [-0.3, -0.25) is 0 Å². The Morgan fingerprint density at radius 2 is 2.56 bits per heavy atom. The lowest BCUT2D eigenvalue weighted by Crippen LogP contribution is -2.29. The molecule has 82 valence electrons. The summed E-state index contributed by atoms with van der Waals surface area (Å²) in [5, 5.41) is 20.4. The van der Waals surface area contributed by atoms with Crippen molar-refractivity contribution < 1.29 is 9.90 Å². The predicted octanol–water partition coefficient (Wildman–Crippen LogP) is 1.39. The first-order valence-electron chi connectivity index (χ1n) is 4.64. The number of anilines is 1. The van der Waals surface area contributed by atoms with Gasteiger partial charge in [-0.15, -0.1) is 6.58 Å². The Bertz CT molecular complexity index is 437. The third-order valence-electron chi connectivity index (χ3n) is 1.94. The van der Waals surface area contributed by atoms with E-state index in [4.69, 9.17) is 10.4 Å². The molecule has 1 rings (SSSR count). The SMILES string of the molecule is C=CCC(Nc1ncccc1C#N)C(=O)O. The normalized spacial score (nSPS) is 11.2. The van der Waals surface area contributed by atoms with Crippen LogP contribution in [-0.4, -0.2) is 22.1 Å². The molecule has 1 unspecified atom stereocenters. The lowest BCUT2D eigenvalue weighted by atomic mass is 10.2. The van der Waals surface area contributed by atoms with Gasteiger partial charge in [0.15, 0.2) is 0 Å². The monoisotopic (exact) mass is 217 g/mol. The van der Waals surface area contributed by atoms with Crippen molar-refractivity contribution >= 4 is 11.8 Å². The summed E-state index contributed by atoms with van der Waals surface area (Å²) in [7, 11) is 0. The average Bonchev–Trinajstić information content (AvgIpc) is 2.29. The molecule has 1 heterocycles. The maximum Gasteiger partial charge on any atom is 0.326 e. The molecule has 0 saturated heterocycles. The minimum atomic E-state index is -1.01. The number of carbonyl (C=O) groups is 1. The zero-order valence-corrected chi connectivity index (χ0v) is 8.55. The van der Waals surface area contributed by atoms with E-state index in [2.05, 4.69) is 16.9 Å². The highest BCUT2D eigenvalue weighted by molar-refractivity contribution is 5.77. The van der Waals surface area contributed by atoms with Crippen molar-refractivity contribution in [1.29, 1.82) is 5.26 Å². The van der Waals surface area contributed by atoms with Crippen LogP contribution < -0.4 is 5.32 Å². The van der Waals surface area contributed by atoms with Gasteiger partial charge in [-0.1, -0.05) is 6.08 Å². The second-order valence-electron chi connectivity index (χ2n) is 3.07. The van der Waals surface area contributed by atoms with Crippen molar-refractivity contribution in [2.45, 2.75) is 12.5 Å². The standard InChI is InChI=1S/C11H11N3O2/c1-2-4-9(11(15)16)14-10-8(7-12)5-3-6-13-10/h2-3,5-6,9H,1,4H2,(H,13,14)(H,15,16). The second kappa shape index (κ2) is 5.51. The van der Waals surface area contributed by atoms with E-state index in [0.717, 1.165) is 0 Å². The second-order valence-corrected chi connectivity index (χ2v) is 3.07. The fourth-order valence-electron chi connectivity index (χ4n) is 1.16. The van der Waals surface area contributed by atoms with E-state index >= 15 is 0 Å². The lowest BCUT2D eigenvalue weighted by molar-refractivity contribution is -0.137. The number of nitriles is 1. The predicted molar refractivity (Wildman–Crippen MR) is 58.8 cm³/mol. The number of pyridine rings is 1. The Hall–Kier alpha value is -2.35. The lowest BCUT2D eigenvalue weighted by Gasteiger charge is -2.13. The third-order valence-corrected chi connectivity index (χ3v) is 1.94. The van der Waals surface area contributed by atoms with Gasteiger partial charge in [0.25, 0.3) is 0 Å². The van der Waals surface area contributed by atoms with Gasteiger partial charge in [0.2, 0.25) is 0 Å². The average molecular weight is 217 g/mol. The van der Waals surface area contributed by atoms with Crippen LogP contribution in [0.1, 0.15) is 12.0 Å². The number of carboxylic acids is 1. The molecule has 1 atom stereocenters. The number of hydrogen-bond acceptors (Lipinski definition) is 4. The smallest absolute Gasteiger partial charge is 0.326 e. The highest BCUT2D eigenvalue weighted by atomic mass is 16.4. The van der Waals surface area contributed by atoms with Crippen LogP contribution >= 0.6 is 0 Å². The number of carboxylic acid groups (broad SMARTS) is 1. The first-order chi connectivity index (χ1) is 7.69. The summed E-state index contributed by atoms with van der Waals surface area (Å²) in [5.41, 5.74) is 0.317. The summed E-state index contributed by atoms with van der Waals surface area (Å²) in [6.45, 7) is 3.48. The van der Waals surface area contributed by atoms with Gasteiger partial charge in [0.1, 0.15) is 17.9 Å². The van der Waals surface area contributed by atoms with Crippen molar-refractivity contribution in [3.63, 3.8) is 0 Å². The van der Waals surface area contributed by atoms with Crippen LogP contribution in [0.25, 0.3) is 0 Å². The Kier molecular flexibility index (Phi) is 4.04. The number of rotatable bonds is 5. The summed E-state index contributed by atoms with van der Waals surface area (Å²) in [5.74, 6) is -0.728. The van der Waals surface area contributed by atoms with E-state index in [1.807, 2.05) is 6.07 Å². The third kappa shape index (κ3) is 2.82. The Morgan fingerprint density at radius 1 is 1.81 bits per heavy atom. The maximum atomic E-state index is 10.9. The first kappa shape index (κ1) is 11.7. The van der Waals surface area contributed by atoms with Crippen molar-refractivity contribution in [3.05, 3.63) is 36.5 Å². The largest absolute Gasteiger partial charge is 0.480 e. The number of hydrogen-bond donors (Lipinski definition) is 2.